The van der Waals surface area contributed by atoms with Gasteiger partial charge in [-0.3, -0.25) is 9.38 Å². The minimum atomic E-state index is -2.52. The molecular formula is C19H17BrF2N4O. The predicted octanol–water partition coefficient (Wildman–Crippen LogP) is 4.63. The average molecular weight is 435 g/mol. The van der Waals surface area contributed by atoms with Gasteiger partial charge in [0.2, 0.25) is 0 Å². The second-order valence-corrected chi connectivity index (χ2v) is 7.77. The van der Waals surface area contributed by atoms with Crippen molar-refractivity contribution in [3.63, 3.8) is 0 Å². The first-order chi connectivity index (χ1) is 13.1. The number of ether oxygens (including phenoxy) is 1. The Labute approximate surface area is 163 Å². The maximum atomic E-state index is 13.4. The Morgan fingerprint density at radius 3 is 2.85 bits per heavy atom. The van der Waals surface area contributed by atoms with Crippen LogP contribution >= 0.6 is 15.9 Å². The number of fused-ring (bicyclic) bond motifs is 2. The van der Waals surface area contributed by atoms with E-state index in [0.29, 0.717) is 13.2 Å². The summed E-state index contributed by atoms with van der Waals surface area (Å²) in [5.74, 6) is 1.95. The standard InChI is InChI=1S/C19H17BrF2N4O/c20-14-6-11(17(21)22)7-15-13(14)2-1-4-25(15)19-16-8-23-3-5-26(16)18(24-19)12-9-27-10-12/h3,5-8,12,17H,1-2,4,9-10H2. The lowest BCUT2D eigenvalue weighted by Gasteiger charge is -2.31. The smallest absolute Gasteiger partial charge is 0.263 e. The van der Waals surface area contributed by atoms with Crippen molar-refractivity contribution in [2.75, 3.05) is 24.7 Å². The summed E-state index contributed by atoms with van der Waals surface area (Å²) in [5, 5.41) is 0. The first kappa shape index (κ1) is 17.1. The molecule has 2 aliphatic rings. The third kappa shape index (κ3) is 2.73. The van der Waals surface area contributed by atoms with Gasteiger partial charge in [0.25, 0.3) is 6.43 Å². The lowest BCUT2D eigenvalue weighted by atomic mass is 9.99. The quantitative estimate of drug-likeness (QED) is 0.602. The summed E-state index contributed by atoms with van der Waals surface area (Å²) in [6.45, 7) is 2.03. The molecule has 1 saturated heterocycles. The van der Waals surface area contributed by atoms with Crippen molar-refractivity contribution >= 4 is 33.0 Å². The fraction of sp³-hybridized carbons (Fsp3) is 0.368. The molecule has 5 rings (SSSR count). The Bertz CT molecular complexity index is 1020. The van der Waals surface area contributed by atoms with E-state index in [4.69, 9.17) is 9.72 Å². The number of halogens is 3. The van der Waals surface area contributed by atoms with Crippen LogP contribution in [0.25, 0.3) is 5.52 Å². The Hall–Kier alpha value is -2.06. The van der Waals surface area contributed by atoms with E-state index in [0.717, 1.165) is 52.3 Å². The summed E-state index contributed by atoms with van der Waals surface area (Å²) in [6.07, 6.45) is 4.68. The highest BCUT2D eigenvalue weighted by molar-refractivity contribution is 9.10. The molecule has 27 heavy (non-hydrogen) atoms. The number of benzene rings is 1. The molecule has 0 aliphatic carbocycles. The van der Waals surface area contributed by atoms with Gasteiger partial charge in [-0.2, -0.15) is 0 Å². The molecule has 8 heteroatoms. The molecule has 1 aromatic carbocycles. The van der Waals surface area contributed by atoms with Crippen molar-refractivity contribution in [3.8, 4) is 0 Å². The Morgan fingerprint density at radius 2 is 2.11 bits per heavy atom. The SMILES string of the molecule is FC(F)c1cc(Br)c2c(c1)N(c1nc(C3COC3)n3ccncc13)CCC2. The lowest BCUT2D eigenvalue weighted by molar-refractivity contribution is 0.00467. The van der Waals surface area contributed by atoms with Gasteiger partial charge in [0.05, 0.1) is 25.3 Å². The van der Waals surface area contributed by atoms with Crippen LogP contribution in [0.15, 0.2) is 35.2 Å². The molecule has 2 aliphatic heterocycles. The normalized spacial score (nSPS) is 17.4. The summed E-state index contributed by atoms with van der Waals surface area (Å²) in [4.78, 5) is 11.2. The number of aromatic nitrogens is 3. The minimum Gasteiger partial charge on any atom is -0.380 e. The number of hydrogen-bond donors (Lipinski definition) is 0. The monoisotopic (exact) mass is 434 g/mol. The van der Waals surface area contributed by atoms with Gasteiger partial charge in [0, 0.05) is 34.7 Å². The van der Waals surface area contributed by atoms with Gasteiger partial charge in [0.1, 0.15) is 11.3 Å². The van der Waals surface area contributed by atoms with Gasteiger partial charge in [-0.1, -0.05) is 15.9 Å². The van der Waals surface area contributed by atoms with Crippen molar-refractivity contribution in [1.29, 1.82) is 0 Å². The number of alkyl halides is 2. The van der Waals surface area contributed by atoms with E-state index in [1.165, 1.54) is 6.07 Å². The molecule has 0 amide bonds. The van der Waals surface area contributed by atoms with Crippen LogP contribution in [0.3, 0.4) is 0 Å². The fourth-order valence-corrected chi connectivity index (χ4v) is 4.49. The van der Waals surface area contributed by atoms with E-state index < -0.39 is 6.43 Å². The summed E-state index contributed by atoms with van der Waals surface area (Å²) < 4.78 is 34.9. The van der Waals surface area contributed by atoms with Crippen LogP contribution in [-0.2, 0) is 11.2 Å². The zero-order valence-corrected chi connectivity index (χ0v) is 16.0. The maximum absolute atomic E-state index is 13.4. The van der Waals surface area contributed by atoms with Crippen molar-refractivity contribution < 1.29 is 13.5 Å². The van der Waals surface area contributed by atoms with Gasteiger partial charge >= 0.3 is 0 Å². The molecule has 0 radical (unpaired) electrons. The van der Waals surface area contributed by atoms with Crippen LogP contribution in [-0.4, -0.2) is 34.1 Å². The van der Waals surface area contributed by atoms with Crippen molar-refractivity contribution in [3.05, 3.63) is 52.1 Å². The van der Waals surface area contributed by atoms with Crippen molar-refractivity contribution in [1.82, 2.24) is 14.4 Å². The zero-order valence-electron chi connectivity index (χ0n) is 14.4. The van der Waals surface area contributed by atoms with Crippen LogP contribution in [0.2, 0.25) is 0 Å². The van der Waals surface area contributed by atoms with E-state index in [-0.39, 0.29) is 11.5 Å². The third-order valence-corrected chi connectivity index (χ3v) is 5.97. The number of anilines is 2. The van der Waals surface area contributed by atoms with Gasteiger partial charge < -0.3 is 9.64 Å². The van der Waals surface area contributed by atoms with Crippen molar-refractivity contribution in [2.45, 2.75) is 25.2 Å². The van der Waals surface area contributed by atoms with E-state index in [1.807, 2.05) is 10.6 Å². The van der Waals surface area contributed by atoms with E-state index in [2.05, 4.69) is 25.8 Å². The van der Waals surface area contributed by atoms with E-state index in [1.54, 1.807) is 18.5 Å². The van der Waals surface area contributed by atoms with E-state index >= 15 is 0 Å². The highest BCUT2D eigenvalue weighted by Gasteiger charge is 2.30. The predicted molar refractivity (Wildman–Crippen MR) is 101 cm³/mol. The molecule has 1 fully saturated rings. The molecule has 2 aromatic heterocycles. The molecular weight excluding hydrogens is 418 g/mol. The largest absolute Gasteiger partial charge is 0.380 e. The first-order valence-electron chi connectivity index (χ1n) is 8.91. The molecule has 0 atom stereocenters. The number of rotatable bonds is 3. The topological polar surface area (TPSA) is 42.7 Å². The molecule has 0 unspecified atom stereocenters. The second kappa shape index (κ2) is 6.53. The van der Waals surface area contributed by atoms with Gasteiger partial charge in [-0.25, -0.2) is 13.8 Å². The Kier molecular flexibility index (Phi) is 4.12. The summed E-state index contributed by atoms with van der Waals surface area (Å²) in [5.41, 5.74) is 2.74. The van der Waals surface area contributed by atoms with Crippen LogP contribution in [0.5, 0.6) is 0 Å². The lowest BCUT2D eigenvalue weighted by Crippen LogP contribution is -2.27. The van der Waals surface area contributed by atoms with Crippen LogP contribution in [0.1, 0.15) is 35.7 Å². The fourth-order valence-electron chi connectivity index (χ4n) is 3.83. The second-order valence-electron chi connectivity index (χ2n) is 6.92. The number of nitrogens with zero attached hydrogens (tertiary/aromatic N) is 4. The number of imidazole rings is 1. The maximum Gasteiger partial charge on any atom is 0.263 e. The molecule has 3 aromatic rings. The van der Waals surface area contributed by atoms with Crippen LogP contribution in [0.4, 0.5) is 20.3 Å². The molecule has 0 N–H and O–H groups in total. The summed E-state index contributed by atoms with van der Waals surface area (Å²) in [6, 6.07) is 3.12. The van der Waals surface area contributed by atoms with Gasteiger partial charge in [0.15, 0.2) is 5.82 Å². The summed E-state index contributed by atoms with van der Waals surface area (Å²) in [7, 11) is 0. The molecule has 140 valence electrons. The average Bonchev–Trinajstić information content (AvgIpc) is 2.99. The van der Waals surface area contributed by atoms with Gasteiger partial charge in [-0.05, 0) is 30.5 Å². The molecule has 0 saturated carbocycles. The Morgan fingerprint density at radius 1 is 1.26 bits per heavy atom. The first-order valence-corrected chi connectivity index (χ1v) is 9.70. The third-order valence-electron chi connectivity index (χ3n) is 5.26. The Balaban J connectivity index is 1.69. The van der Waals surface area contributed by atoms with Crippen molar-refractivity contribution in [2.24, 2.45) is 0 Å². The molecule has 0 spiro atoms. The van der Waals surface area contributed by atoms with Crippen LogP contribution < -0.4 is 4.90 Å². The zero-order chi connectivity index (χ0) is 18.5. The van der Waals surface area contributed by atoms with Crippen LogP contribution in [0, 0.1) is 0 Å². The molecule has 4 heterocycles. The minimum absolute atomic E-state index is 0.0155. The molecule has 0 bridgehead atoms. The van der Waals surface area contributed by atoms with Gasteiger partial charge in [-0.15, -0.1) is 0 Å². The highest BCUT2D eigenvalue weighted by Crippen LogP contribution is 2.41. The summed E-state index contributed by atoms with van der Waals surface area (Å²) >= 11 is 3.49. The van der Waals surface area contributed by atoms with E-state index in [9.17, 15) is 8.78 Å². The number of hydrogen-bond acceptors (Lipinski definition) is 4. The highest BCUT2D eigenvalue weighted by atomic mass is 79.9. The molecule has 5 nitrogen and oxygen atoms in total.